The van der Waals surface area contributed by atoms with Crippen LogP contribution in [0.1, 0.15) is 25.7 Å². The third-order valence-electron chi connectivity index (χ3n) is 4.53. The van der Waals surface area contributed by atoms with Gasteiger partial charge in [0.1, 0.15) is 22.9 Å². The zero-order valence-corrected chi connectivity index (χ0v) is 18.4. The largest absolute Gasteiger partial charge is 0.510 e. The number of allylic oxidation sites excluding steroid dienone is 16. The van der Waals surface area contributed by atoms with E-state index in [4.69, 9.17) is 0 Å². The maximum absolute atomic E-state index is 11.7. The summed E-state index contributed by atoms with van der Waals surface area (Å²) in [6, 6.07) is 0. The van der Waals surface area contributed by atoms with Crippen molar-refractivity contribution in [1.29, 1.82) is 0 Å². The molecule has 2 aliphatic rings. The summed E-state index contributed by atoms with van der Waals surface area (Å²) in [7, 11) is 0. The number of aliphatic hydroxyl groups excluding tert-OH is 2. The highest BCUT2D eigenvalue weighted by molar-refractivity contribution is 6.04. The summed E-state index contributed by atoms with van der Waals surface area (Å²) in [5.74, 6) is -1.69. The molecule has 8 heteroatoms. The van der Waals surface area contributed by atoms with Crippen LogP contribution in [-0.2, 0) is 19.2 Å². The van der Waals surface area contributed by atoms with Crippen LogP contribution in [-0.4, -0.2) is 33.6 Å². The highest BCUT2D eigenvalue weighted by atomic mass is 16.3. The molecule has 4 N–H and O–H groups in total. The number of amides is 2. The second-order valence-electron chi connectivity index (χ2n) is 7.11. The summed E-state index contributed by atoms with van der Waals surface area (Å²) in [4.78, 5) is 46.3. The first-order valence-electron chi connectivity index (χ1n) is 10.6. The molecule has 0 saturated heterocycles. The Morgan fingerprint density at radius 1 is 0.529 bits per heavy atom. The number of ketones is 2. The van der Waals surface area contributed by atoms with E-state index in [9.17, 15) is 29.4 Å². The Labute approximate surface area is 197 Å². The van der Waals surface area contributed by atoms with Gasteiger partial charge in [-0.05, 0) is 0 Å². The molecule has 0 aromatic carbocycles. The average molecular weight is 463 g/mol. The second kappa shape index (κ2) is 13.8. The van der Waals surface area contributed by atoms with E-state index in [1.165, 1.54) is 24.3 Å². The number of aliphatic hydroxyl groups is 2. The number of hydrogen-bond acceptors (Lipinski definition) is 6. The molecule has 8 nitrogen and oxygen atoms in total. The van der Waals surface area contributed by atoms with Gasteiger partial charge >= 0.3 is 0 Å². The molecule has 2 rings (SSSR count). The van der Waals surface area contributed by atoms with E-state index >= 15 is 0 Å². The first-order chi connectivity index (χ1) is 16.4. The van der Waals surface area contributed by atoms with E-state index in [0.29, 0.717) is 0 Å². The summed E-state index contributed by atoms with van der Waals surface area (Å²) < 4.78 is 0. The molecule has 0 unspecified atom stereocenters. The Hall–Kier alpha value is -4.46. The van der Waals surface area contributed by atoms with Gasteiger partial charge in [0.05, 0.1) is 0 Å². The fourth-order valence-corrected chi connectivity index (χ4v) is 2.83. The molecular formula is C26H26N2O6. The van der Waals surface area contributed by atoms with Crippen LogP contribution in [0.5, 0.6) is 0 Å². The van der Waals surface area contributed by atoms with Gasteiger partial charge in [0.15, 0.2) is 11.6 Å². The minimum absolute atomic E-state index is 0.0240. The van der Waals surface area contributed by atoms with E-state index in [0.717, 1.165) is 0 Å². The minimum atomic E-state index is -0.486. The van der Waals surface area contributed by atoms with Crippen molar-refractivity contribution in [1.82, 2.24) is 10.6 Å². The lowest BCUT2D eigenvalue weighted by Crippen LogP contribution is -2.24. The molecule has 0 fully saturated rings. The predicted molar refractivity (Wildman–Crippen MR) is 128 cm³/mol. The summed E-state index contributed by atoms with van der Waals surface area (Å²) in [6.07, 6.45) is 23.9. The van der Waals surface area contributed by atoms with Crippen molar-refractivity contribution >= 4 is 23.4 Å². The number of nitrogens with one attached hydrogen (secondary N) is 2. The number of carbonyl (C=O) groups excluding carboxylic acids is 4. The van der Waals surface area contributed by atoms with E-state index in [-0.39, 0.29) is 60.2 Å². The monoisotopic (exact) mass is 462 g/mol. The molecule has 0 atom stereocenters. The molecule has 34 heavy (non-hydrogen) atoms. The van der Waals surface area contributed by atoms with Crippen LogP contribution in [0.2, 0.25) is 0 Å². The molecular weight excluding hydrogens is 436 g/mol. The van der Waals surface area contributed by atoms with E-state index in [1.807, 2.05) is 0 Å². The van der Waals surface area contributed by atoms with Crippen LogP contribution >= 0.6 is 0 Å². The SMILES string of the molecule is O=C(C=CC=CC=CC=CC=CC=CC=CC(=O)NC1=C(O)CCC1=O)NC1=C(O)CCC1=O. The van der Waals surface area contributed by atoms with Crippen molar-refractivity contribution < 1.29 is 29.4 Å². The second-order valence-corrected chi connectivity index (χ2v) is 7.11. The maximum Gasteiger partial charge on any atom is 0.248 e. The van der Waals surface area contributed by atoms with Crippen LogP contribution in [0.3, 0.4) is 0 Å². The molecule has 0 spiro atoms. The van der Waals surface area contributed by atoms with Gasteiger partial charge in [0, 0.05) is 37.8 Å². The quantitative estimate of drug-likeness (QED) is 0.291. The van der Waals surface area contributed by atoms with Gasteiger partial charge in [0.2, 0.25) is 11.8 Å². The van der Waals surface area contributed by atoms with Crippen LogP contribution in [0, 0.1) is 0 Å². The standard InChI is InChI=1S/C26H26N2O6/c29-19-15-16-20(30)25(19)27-23(33)13-11-9-7-5-3-1-2-4-6-8-10-12-14-24(34)28-26-21(31)17-18-22(26)32/h1-14,29,31H,15-18H2,(H,27,33)(H,28,34). The normalized spacial score (nSPS) is 17.6. The molecule has 0 radical (unpaired) electrons. The Kier molecular flexibility index (Phi) is 10.5. The fourth-order valence-electron chi connectivity index (χ4n) is 2.83. The highest BCUT2D eigenvalue weighted by Gasteiger charge is 2.24. The molecule has 0 heterocycles. The van der Waals surface area contributed by atoms with E-state index in [2.05, 4.69) is 10.6 Å². The third-order valence-corrected chi connectivity index (χ3v) is 4.53. The number of Topliss-reactive ketones (excluding diaryl/α,β-unsaturated/α-hetero) is 2. The lowest BCUT2D eigenvalue weighted by molar-refractivity contribution is -0.119. The van der Waals surface area contributed by atoms with Crippen LogP contribution < -0.4 is 10.6 Å². The predicted octanol–water partition coefficient (Wildman–Crippen LogP) is 3.38. The molecule has 0 aromatic heterocycles. The summed E-state index contributed by atoms with van der Waals surface area (Å²) in [5, 5.41) is 23.8. The van der Waals surface area contributed by atoms with Gasteiger partial charge in [-0.2, -0.15) is 0 Å². The average Bonchev–Trinajstić information content (AvgIpc) is 3.29. The first-order valence-corrected chi connectivity index (χ1v) is 10.6. The van der Waals surface area contributed by atoms with E-state index in [1.54, 1.807) is 60.8 Å². The number of hydrogen-bond donors (Lipinski definition) is 4. The van der Waals surface area contributed by atoms with Gasteiger partial charge in [-0.3, -0.25) is 19.2 Å². The van der Waals surface area contributed by atoms with Crippen molar-refractivity contribution in [3.05, 3.63) is 108 Å². The van der Waals surface area contributed by atoms with Crippen molar-refractivity contribution in [2.75, 3.05) is 0 Å². The van der Waals surface area contributed by atoms with Crippen molar-refractivity contribution in [2.45, 2.75) is 25.7 Å². The number of rotatable bonds is 10. The maximum atomic E-state index is 11.7. The van der Waals surface area contributed by atoms with Crippen LogP contribution in [0.15, 0.2) is 108 Å². The van der Waals surface area contributed by atoms with Gasteiger partial charge in [-0.15, -0.1) is 0 Å². The molecule has 2 amide bonds. The van der Waals surface area contributed by atoms with Gasteiger partial charge < -0.3 is 20.8 Å². The molecule has 0 aromatic rings. The smallest absolute Gasteiger partial charge is 0.248 e. The Morgan fingerprint density at radius 2 is 0.824 bits per heavy atom. The van der Waals surface area contributed by atoms with Gasteiger partial charge in [-0.25, -0.2) is 0 Å². The zero-order valence-electron chi connectivity index (χ0n) is 18.4. The van der Waals surface area contributed by atoms with Crippen molar-refractivity contribution in [2.24, 2.45) is 0 Å². The Bertz CT molecular complexity index is 1010. The van der Waals surface area contributed by atoms with E-state index < -0.39 is 11.8 Å². The highest BCUT2D eigenvalue weighted by Crippen LogP contribution is 2.18. The molecule has 0 aliphatic heterocycles. The van der Waals surface area contributed by atoms with Crippen LogP contribution in [0.4, 0.5) is 0 Å². The minimum Gasteiger partial charge on any atom is -0.510 e. The summed E-state index contributed by atoms with van der Waals surface area (Å²) >= 11 is 0. The van der Waals surface area contributed by atoms with Gasteiger partial charge in [0.25, 0.3) is 0 Å². The summed E-state index contributed by atoms with van der Waals surface area (Å²) in [5.41, 5.74) is -0.0479. The van der Waals surface area contributed by atoms with Crippen LogP contribution in [0.25, 0.3) is 0 Å². The lowest BCUT2D eigenvalue weighted by Gasteiger charge is -2.01. The fraction of sp³-hybridized carbons (Fsp3) is 0.154. The topological polar surface area (TPSA) is 133 Å². The van der Waals surface area contributed by atoms with Gasteiger partial charge in [-0.1, -0.05) is 72.9 Å². The zero-order chi connectivity index (χ0) is 24.8. The molecule has 0 bridgehead atoms. The third kappa shape index (κ3) is 8.96. The Balaban J connectivity index is 1.63. The lowest BCUT2D eigenvalue weighted by atomic mass is 10.3. The molecule has 2 aliphatic carbocycles. The Morgan fingerprint density at radius 3 is 1.09 bits per heavy atom. The number of carbonyl (C=O) groups is 4. The molecule has 0 saturated carbocycles. The summed E-state index contributed by atoms with van der Waals surface area (Å²) in [6.45, 7) is 0. The first kappa shape index (κ1) is 25.8. The van der Waals surface area contributed by atoms with Crippen molar-refractivity contribution in [3.63, 3.8) is 0 Å². The molecule has 176 valence electrons. The van der Waals surface area contributed by atoms with Crippen molar-refractivity contribution in [3.8, 4) is 0 Å².